The molecule has 0 aliphatic rings. The van der Waals surface area contributed by atoms with E-state index in [2.05, 4.69) is 114 Å². The summed E-state index contributed by atoms with van der Waals surface area (Å²) in [5.41, 5.74) is 10.4. The zero-order chi connectivity index (χ0) is 25.6. The molecule has 0 saturated carbocycles. The number of hydrogen-bond acceptors (Lipinski definition) is 0. The zero-order valence-corrected chi connectivity index (χ0v) is 21.8. The Morgan fingerprint density at radius 1 is 0.811 bits per heavy atom. The molecule has 178 valence electrons. The largest absolute Gasteiger partial charge is 0.307 e. The van der Waals surface area contributed by atoms with Gasteiger partial charge in [0.2, 0.25) is 5.52 Å². The van der Waals surface area contributed by atoms with Crippen molar-refractivity contribution in [3.05, 3.63) is 107 Å². The molecular formula is C34H28N3+. The summed E-state index contributed by atoms with van der Waals surface area (Å²) in [5, 5.41) is 6.28. The highest BCUT2D eigenvalue weighted by molar-refractivity contribution is 6.26. The summed E-state index contributed by atoms with van der Waals surface area (Å²) in [6, 6.07) is 26.5. The second kappa shape index (κ2) is 7.31. The van der Waals surface area contributed by atoms with Crippen LogP contribution in [-0.2, 0) is 12.6 Å². The first-order chi connectivity index (χ1) is 17.8. The van der Waals surface area contributed by atoms with Crippen LogP contribution in [0.15, 0.2) is 79.0 Å². The van der Waals surface area contributed by atoms with Crippen LogP contribution in [0.3, 0.4) is 0 Å². The van der Waals surface area contributed by atoms with Crippen molar-refractivity contribution in [3.63, 3.8) is 0 Å². The van der Waals surface area contributed by atoms with Crippen molar-refractivity contribution in [3.8, 4) is 11.1 Å². The minimum absolute atomic E-state index is 0.608. The molecule has 0 amide bonds. The van der Waals surface area contributed by atoms with Crippen LogP contribution in [0.5, 0.6) is 0 Å². The lowest BCUT2D eigenvalue weighted by molar-refractivity contribution is -0.643. The van der Waals surface area contributed by atoms with Crippen molar-refractivity contribution in [2.75, 3.05) is 0 Å². The fraction of sp³-hybridized carbons (Fsp3) is 0.176. The van der Waals surface area contributed by atoms with Gasteiger partial charge in [-0.25, -0.2) is 11.1 Å². The third-order valence-electron chi connectivity index (χ3n) is 8.36. The number of pyridine rings is 2. The van der Waals surface area contributed by atoms with Crippen molar-refractivity contribution >= 4 is 49.0 Å². The molecule has 3 aromatic heterocycles. The van der Waals surface area contributed by atoms with E-state index in [1.807, 2.05) is 13.8 Å². The molecule has 4 aromatic carbocycles. The highest BCUT2D eigenvalue weighted by Crippen LogP contribution is 2.43. The molecule has 3 nitrogen and oxygen atoms in total. The minimum Gasteiger partial charge on any atom is -0.307 e. The summed E-state index contributed by atoms with van der Waals surface area (Å²) in [7, 11) is 2.15. The van der Waals surface area contributed by atoms with Crippen molar-refractivity contribution in [2.24, 2.45) is 7.05 Å². The van der Waals surface area contributed by atoms with Gasteiger partial charge in [-0.3, -0.25) is 0 Å². The molecular weight excluding hydrogens is 450 g/mol. The lowest BCUT2D eigenvalue weighted by Gasteiger charge is -2.17. The molecule has 0 aliphatic heterocycles. The Bertz CT molecular complexity index is 2090. The molecule has 0 fully saturated rings. The van der Waals surface area contributed by atoms with Crippen LogP contribution < -0.4 is 4.57 Å². The second-order valence-corrected chi connectivity index (χ2v) is 10.9. The molecule has 0 N–H and O–H groups in total. The highest BCUT2D eigenvalue weighted by Gasteiger charge is 2.30. The molecule has 0 aliphatic carbocycles. The molecule has 7 rings (SSSR count). The van der Waals surface area contributed by atoms with Crippen LogP contribution in [-0.4, -0.2) is 4.40 Å². The molecule has 37 heavy (non-hydrogen) atoms. The maximum absolute atomic E-state index is 7.89. The SMILES string of the molecule is [C-]#[N+]C(C)(C)c1cc2cc[n+](C)c3c4c(C)c(C)cc5c6ccc(-c7ccccc7)cc6n(c(c1)c23)c54. The van der Waals surface area contributed by atoms with E-state index in [0.29, 0.717) is 0 Å². The minimum atomic E-state index is -0.608. The van der Waals surface area contributed by atoms with E-state index in [1.165, 1.54) is 65.7 Å². The Kier molecular flexibility index (Phi) is 4.31. The van der Waals surface area contributed by atoms with Crippen LogP contribution in [0.1, 0.15) is 30.5 Å². The molecule has 0 spiro atoms. The van der Waals surface area contributed by atoms with Gasteiger partial charge in [-0.05, 0) is 65.8 Å². The van der Waals surface area contributed by atoms with Gasteiger partial charge in [0.1, 0.15) is 7.05 Å². The Labute approximate surface area is 216 Å². The smallest absolute Gasteiger partial charge is 0.252 e. The fourth-order valence-corrected chi connectivity index (χ4v) is 6.13. The number of fused-ring (bicyclic) bond motifs is 5. The van der Waals surface area contributed by atoms with Gasteiger partial charge in [0, 0.05) is 36.2 Å². The summed E-state index contributed by atoms with van der Waals surface area (Å²) < 4.78 is 4.74. The lowest BCUT2D eigenvalue weighted by atomic mass is 9.90. The highest BCUT2D eigenvalue weighted by atomic mass is 15.0. The van der Waals surface area contributed by atoms with E-state index >= 15 is 0 Å². The third kappa shape index (κ3) is 2.84. The van der Waals surface area contributed by atoms with E-state index in [9.17, 15) is 0 Å². The monoisotopic (exact) mass is 478 g/mol. The zero-order valence-electron chi connectivity index (χ0n) is 21.8. The van der Waals surface area contributed by atoms with E-state index in [0.717, 1.165) is 11.1 Å². The van der Waals surface area contributed by atoms with E-state index in [1.54, 1.807) is 0 Å². The molecule has 0 bridgehead atoms. The number of rotatable bonds is 2. The first kappa shape index (κ1) is 21.8. The molecule has 0 radical (unpaired) electrons. The lowest BCUT2D eigenvalue weighted by Crippen LogP contribution is -2.29. The van der Waals surface area contributed by atoms with E-state index < -0.39 is 5.54 Å². The first-order valence-electron chi connectivity index (χ1n) is 12.8. The summed E-state index contributed by atoms with van der Waals surface area (Å²) in [6.45, 7) is 16.4. The topological polar surface area (TPSA) is 12.7 Å². The summed E-state index contributed by atoms with van der Waals surface area (Å²) in [5.74, 6) is 0. The van der Waals surface area contributed by atoms with Crippen LogP contribution in [0, 0.1) is 20.4 Å². The van der Waals surface area contributed by atoms with Gasteiger partial charge < -0.3 is 9.25 Å². The number of aryl methyl sites for hydroxylation is 3. The second-order valence-electron chi connectivity index (χ2n) is 10.9. The number of nitrogens with zero attached hydrogens (tertiary/aromatic N) is 3. The number of hydrogen-bond donors (Lipinski definition) is 0. The molecule has 7 aromatic rings. The molecule has 0 atom stereocenters. The molecule has 3 heteroatoms. The standard InChI is InChI=1S/C34H28N3/c1-20-16-27-26-13-12-23(22-10-8-7-9-11-22)18-28(26)37-29-19-25(34(3,4)35-5)17-24-14-15-36(6)33(31(24)29)30(21(20)2)32(27)37/h7-19H,1-4,6H3/q+1. The first-order valence-corrected chi connectivity index (χ1v) is 12.8. The third-order valence-corrected chi connectivity index (χ3v) is 8.36. The summed E-state index contributed by atoms with van der Waals surface area (Å²) in [4.78, 5) is 3.99. The maximum Gasteiger partial charge on any atom is 0.252 e. The average molecular weight is 479 g/mol. The van der Waals surface area contributed by atoms with Crippen LogP contribution in [0.4, 0.5) is 0 Å². The van der Waals surface area contributed by atoms with E-state index in [-0.39, 0.29) is 0 Å². The predicted molar refractivity (Wildman–Crippen MR) is 154 cm³/mol. The summed E-state index contributed by atoms with van der Waals surface area (Å²) in [6.07, 6.45) is 2.16. The van der Waals surface area contributed by atoms with Gasteiger partial charge in [-0.1, -0.05) is 42.5 Å². The molecule has 3 heterocycles. The Morgan fingerprint density at radius 3 is 2.35 bits per heavy atom. The predicted octanol–water partition coefficient (Wildman–Crippen LogP) is 8.25. The quantitative estimate of drug-likeness (QED) is 0.103. The Morgan fingerprint density at radius 2 is 1.59 bits per heavy atom. The van der Waals surface area contributed by atoms with Crippen LogP contribution in [0.2, 0.25) is 0 Å². The number of benzene rings is 4. The van der Waals surface area contributed by atoms with Gasteiger partial charge in [0.25, 0.3) is 5.54 Å². The fourth-order valence-electron chi connectivity index (χ4n) is 6.13. The van der Waals surface area contributed by atoms with E-state index in [4.69, 9.17) is 6.57 Å². The van der Waals surface area contributed by atoms with Gasteiger partial charge in [0.05, 0.1) is 27.3 Å². The van der Waals surface area contributed by atoms with Gasteiger partial charge >= 0.3 is 0 Å². The Balaban J connectivity index is 1.81. The van der Waals surface area contributed by atoms with Gasteiger partial charge in [-0.2, -0.15) is 0 Å². The van der Waals surface area contributed by atoms with Gasteiger partial charge in [0.15, 0.2) is 6.20 Å². The van der Waals surface area contributed by atoms with Crippen LogP contribution >= 0.6 is 0 Å². The molecule has 0 unspecified atom stereocenters. The Hall–Kier alpha value is -4.42. The van der Waals surface area contributed by atoms with Crippen LogP contribution in [0.25, 0.3) is 65.0 Å². The maximum atomic E-state index is 7.89. The number of aromatic nitrogens is 2. The van der Waals surface area contributed by atoms with Crippen molar-refractivity contribution in [2.45, 2.75) is 33.2 Å². The van der Waals surface area contributed by atoms with Crippen molar-refractivity contribution in [1.82, 2.24) is 4.40 Å². The average Bonchev–Trinajstić information content (AvgIpc) is 3.23. The molecule has 0 saturated heterocycles. The normalized spacial score (nSPS) is 12.4. The summed E-state index contributed by atoms with van der Waals surface area (Å²) >= 11 is 0. The van der Waals surface area contributed by atoms with Gasteiger partial charge in [-0.15, -0.1) is 0 Å². The van der Waals surface area contributed by atoms with Crippen molar-refractivity contribution in [1.29, 1.82) is 0 Å². The van der Waals surface area contributed by atoms with Crippen molar-refractivity contribution < 1.29 is 4.57 Å².